The van der Waals surface area contributed by atoms with Crippen molar-refractivity contribution in [2.45, 2.75) is 56.7 Å². The maximum atomic E-state index is 12.6. The monoisotopic (exact) mass is 469 g/mol. The minimum absolute atomic E-state index is 0.174. The molecule has 3 amide bonds. The molecular formula is C19H31N7O7. The normalized spacial score (nSPS) is 13.4. The molecule has 1 aromatic rings. The van der Waals surface area contributed by atoms with Crippen LogP contribution in [0.15, 0.2) is 12.5 Å². The molecule has 10 N–H and O–H groups in total. The van der Waals surface area contributed by atoms with Gasteiger partial charge in [0.2, 0.25) is 17.7 Å². The lowest BCUT2D eigenvalue weighted by molar-refractivity contribution is -0.143. The van der Waals surface area contributed by atoms with Crippen molar-refractivity contribution in [2.75, 3.05) is 13.1 Å². The molecule has 0 aliphatic heterocycles. The number of hydrogen-bond acceptors (Lipinski definition) is 8. The highest BCUT2D eigenvalue weighted by Gasteiger charge is 2.27. The fourth-order valence-electron chi connectivity index (χ4n) is 2.83. The first-order valence-corrected chi connectivity index (χ1v) is 10.4. The van der Waals surface area contributed by atoms with Gasteiger partial charge in [0, 0.05) is 24.7 Å². The summed E-state index contributed by atoms with van der Waals surface area (Å²) in [7, 11) is 0. The van der Waals surface area contributed by atoms with Crippen LogP contribution in [0.5, 0.6) is 0 Å². The first-order valence-electron chi connectivity index (χ1n) is 10.4. The lowest BCUT2D eigenvalue weighted by Crippen LogP contribution is -2.53. The third-order valence-electron chi connectivity index (χ3n) is 4.61. The Hall–Kier alpha value is -3.52. The summed E-state index contributed by atoms with van der Waals surface area (Å²) in [4.78, 5) is 65.6. The summed E-state index contributed by atoms with van der Waals surface area (Å²) in [6, 6.07) is -3.44. The van der Waals surface area contributed by atoms with Crippen LogP contribution in [0.25, 0.3) is 0 Å². The van der Waals surface area contributed by atoms with E-state index >= 15 is 0 Å². The highest BCUT2D eigenvalue weighted by Crippen LogP contribution is 2.04. The van der Waals surface area contributed by atoms with Gasteiger partial charge in [-0.2, -0.15) is 0 Å². The molecule has 14 nitrogen and oxygen atoms in total. The number of unbranched alkanes of at least 4 members (excludes halogenated alkanes) is 1. The van der Waals surface area contributed by atoms with Crippen molar-refractivity contribution in [1.82, 2.24) is 25.9 Å². The van der Waals surface area contributed by atoms with E-state index in [-0.39, 0.29) is 19.3 Å². The van der Waals surface area contributed by atoms with Crippen molar-refractivity contribution < 1.29 is 34.2 Å². The third-order valence-corrected chi connectivity index (χ3v) is 4.61. The number of rotatable bonds is 16. The van der Waals surface area contributed by atoms with Crippen LogP contribution in [0.4, 0.5) is 0 Å². The average molecular weight is 469 g/mol. The van der Waals surface area contributed by atoms with Gasteiger partial charge in [-0.05, 0) is 32.2 Å². The second-order valence-electron chi connectivity index (χ2n) is 7.34. The number of carboxylic acid groups (broad SMARTS) is 2. The van der Waals surface area contributed by atoms with E-state index < -0.39 is 60.8 Å². The van der Waals surface area contributed by atoms with Gasteiger partial charge in [0.15, 0.2) is 0 Å². The van der Waals surface area contributed by atoms with Crippen LogP contribution >= 0.6 is 0 Å². The number of aromatic nitrogens is 2. The molecule has 33 heavy (non-hydrogen) atoms. The number of hydrogen-bond donors (Lipinski definition) is 8. The zero-order chi connectivity index (χ0) is 24.8. The number of nitrogens with one attached hydrogen (secondary N) is 4. The van der Waals surface area contributed by atoms with E-state index in [0.717, 1.165) is 0 Å². The minimum atomic E-state index is -1.43. The Kier molecular flexibility index (Phi) is 12.1. The summed E-state index contributed by atoms with van der Waals surface area (Å²) in [5, 5.41) is 25.0. The molecule has 3 unspecified atom stereocenters. The predicted octanol–water partition coefficient (Wildman–Crippen LogP) is -2.56. The van der Waals surface area contributed by atoms with E-state index in [1.807, 2.05) is 0 Å². The Bertz CT molecular complexity index is 800. The van der Waals surface area contributed by atoms with E-state index in [4.69, 9.17) is 16.6 Å². The van der Waals surface area contributed by atoms with Gasteiger partial charge in [-0.1, -0.05) is 0 Å². The Morgan fingerprint density at radius 3 is 2.33 bits per heavy atom. The van der Waals surface area contributed by atoms with E-state index in [1.165, 1.54) is 12.5 Å². The molecule has 1 rings (SSSR count). The molecule has 14 heteroatoms. The van der Waals surface area contributed by atoms with E-state index in [9.17, 15) is 29.1 Å². The van der Waals surface area contributed by atoms with Crippen molar-refractivity contribution >= 4 is 29.7 Å². The maximum Gasteiger partial charge on any atom is 0.326 e. The summed E-state index contributed by atoms with van der Waals surface area (Å²) >= 11 is 0. The molecule has 0 aromatic carbocycles. The predicted molar refractivity (Wildman–Crippen MR) is 115 cm³/mol. The number of nitrogens with zero attached hydrogens (tertiary/aromatic N) is 1. The van der Waals surface area contributed by atoms with Crippen molar-refractivity contribution in [2.24, 2.45) is 11.5 Å². The van der Waals surface area contributed by atoms with E-state index in [0.29, 0.717) is 25.1 Å². The van der Waals surface area contributed by atoms with Crippen LogP contribution in [0, 0.1) is 0 Å². The molecule has 0 saturated carbocycles. The Morgan fingerprint density at radius 2 is 1.76 bits per heavy atom. The number of imidazole rings is 1. The number of carbonyl (C=O) groups excluding carboxylic acids is 3. The van der Waals surface area contributed by atoms with Crippen LogP contribution in [0.2, 0.25) is 0 Å². The smallest absolute Gasteiger partial charge is 0.326 e. The fraction of sp³-hybridized carbons (Fsp3) is 0.579. The highest BCUT2D eigenvalue weighted by molar-refractivity contribution is 5.92. The Labute approximate surface area is 189 Å². The second kappa shape index (κ2) is 14.5. The molecule has 1 aromatic heterocycles. The maximum absolute atomic E-state index is 12.6. The number of nitrogens with two attached hydrogens (primary N) is 2. The minimum Gasteiger partial charge on any atom is -0.481 e. The molecule has 0 fully saturated rings. The van der Waals surface area contributed by atoms with Gasteiger partial charge in [0.05, 0.1) is 18.9 Å². The van der Waals surface area contributed by atoms with Crippen molar-refractivity contribution in [3.63, 3.8) is 0 Å². The van der Waals surface area contributed by atoms with Gasteiger partial charge in [0.1, 0.15) is 12.1 Å². The number of carboxylic acids is 2. The summed E-state index contributed by atoms with van der Waals surface area (Å²) in [5.41, 5.74) is 11.9. The summed E-state index contributed by atoms with van der Waals surface area (Å²) in [5.74, 6) is -4.63. The van der Waals surface area contributed by atoms with Crippen LogP contribution in [0.3, 0.4) is 0 Å². The molecule has 0 radical (unpaired) electrons. The summed E-state index contributed by atoms with van der Waals surface area (Å²) < 4.78 is 0. The van der Waals surface area contributed by atoms with Gasteiger partial charge in [-0.25, -0.2) is 9.78 Å². The van der Waals surface area contributed by atoms with Gasteiger partial charge < -0.3 is 42.6 Å². The number of carbonyl (C=O) groups is 5. The lowest BCUT2D eigenvalue weighted by atomic mass is 10.1. The third kappa shape index (κ3) is 11.1. The second-order valence-corrected chi connectivity index (χ2v) is 7.34. The molecule has 0 saturated heterocycles. The van der Waals surface area contributed by atoms with Gasteiger partial charge >= 0.3 is 11.9 Å². The average Bonchev–Trinajstić information content (AvgIpc) is 3.26. The summed E-state index contributed by atoms with van der Waals surface area (Å²) in [6.45, 7) is -0.0829. The zero-order valence-electron chi connectivity index (χ0n) is 18.1. The van der Waals surface area contributed by atoms with E-state index in [1.54, 1.807) is 0 Å². The fourth-order valence-corrected chi connectivity index (χ4v) is 2.83. The van der Waals surface area contributed by atoms with Crippen molar-refractivity contribution in [1.29, 1.82) is 0 Å². The van der Waals surface area contributed by atoms with Crippen LogP contribution in [0.1, 0.15) is 37.8 Å². The van der Waals surface area contributed by atoms with Crippen molar-refractivity contribution in [3.8, 4) is 0 Å². The molecule has 0 aliphatic carbocycles. The molecule has 184 valence electrons. The van der Waals surface area contributed by atoms with Crippen LogP contribution < -0.4 is 27.4 Å². The molecule has 0 spiro atoms. The van der Waals surface area contributed by atoms with Gasteiger partial charge in [0.25, 0.3) is 0 Å². The quantitative estimate of drug-likeness (QED) is 0.118. The largest absolute Gasteiger partial charge is 0.481 e. The SMILES string of the molecule is NCCCCC(NC(=O)CNC(=O)C(N)Cc1cnc[nH]1)C(=O)NC(CCC(=O)O)C(=O)O. The van der Waals surface area contributed by atoms with Crippen LogP contribution in [-0.4, -0.2) is 81.1 Å². The first kappa shape index (κ1) is 27.5. The van der Waals surface area contributed by atoms with Gasteiger partial charge in [-0.15, -0.1) is 0 Å². The zero-order valence-corrected chi connectivity index (χ0v) is 18.1. The number of amides is 3. The summed E-state index contributed by atoms with van der Waals surface area (Å²) in [6.07, 6.45) is 3.60. The Balaban J connectivity index is 2.64. The van der Waals surface area contributed by atoms with Gasteiger partial charge in [-0.3, -0.25) is 19.2 Å². The molecule has 1 heterocycles. The lowest BCUT2D eigenvalue weighted by Gasteiger charge is -2.21. The number of aliphatic carboxylic acids is 2. The van der Waals surface area contributed by atoms with E-state index in [2.05, 4.69) is 25.9 Å². The topological polar surface area (TPSA) is 243 Å². The van der Waals surface area contributed by atoms with Crippen molar-refractivity contribution in [3.05, 3.63) is 18.2 Å². The van der Waals surface area contributed by atoms with Crippen LogP contribution in [-0.2, 0) is 30.4 Å². The molecule has 0 aliphatic rings. The molecule has 0 bridgehead atoms. The highest BCUT2D eigenvalue weighted by atomic mass is 16.4. The number of aromatic amines is 1. The molecule has 3 atom stereocenters. The number of H-pyrrole nitrogens is 1. The standard InChI is InChI=1S/C19H31N7O7/c20-6-2-1-3-13(18(31)26-14(19(32)33)4-5-16(28)29)25-15(27)9-23-17(30)12(21)7-11-8-22-10-24-11/h8,10,12-14H,1-7,9,20-21H2,(H,22,24)(H,23,30)(H,25,27)(H,26,31)(H,28,29)(H,32,33). The molecular weight excluding hydrogens is 438 g/mol. The Morgan fingerprint density at radius 1 is 1.03 bits per heavy atom. The first-order chi connectivity index (χ1) is 15.6.